The molecule has 2 aromatic rings. The maximum absolute atomic E-state index is 13.7. The number of halogens is 1. The largest absolute Gasteiger partial charge is 0.478 e. The summed E-state index contributed by atoms with van der Waals surface area (Å²) in [6, 6.07) is 10.2. The minimum Gasteiger partial charge on any atom is -0.478 e. The molecule has 4 heteroatoms. The van der Waals surface area contributed by atoms with Crippen LogP contribution < -0.4 is 5.32 Å². The summed E-state index contributed by atoms with van der Waals surface area (Å²) in [6.07, 6.45) is 5.29. The third-order valence-electron chi connectivity index (χ3n) is 5.24. The minimum absolute atomic E-state index is 0.0315. The second-order valence-electron chi connectivity index (χ2n) is 6.54. The number of carboxylic acid groups (broad SMARTS) is 1. The predicted octanol–water partition coefficient (Wildman–Crippen LogP) is 4.66. The van der Waals surface area contributed by atoms with Crippen LogP contribution in [0.5, 0.6) is 0 Å². The van der Waals surface area contributed by atoms with Crippen molar-refractivity contribution in [1.29, 1.82) is 0 Å². The maximum atomic E-state index is 13.7. The smallest absolute Gasteiger partial charge is 0.336 e. The Balaban J connectivity index is 1.85. The Labute approximate surface area is 139 Å². The van der Waals surface area contributed by atoms with E-state index in [0.29, 0.717) is 11.5 Å². The predicted molar refractivity (Wildman–Crippen MR) is 90.9 cm³/mol. The van der Waals surface area contributed by atoms with Crippen molar-refractivity contribution < 1.29 is 14.3 Å². The molecule has 0 bridgehead atoms. The fourth-order valence-corrected chi connectivity index (χ4v) is 4.08. The van der Waals surface area contributed by atoms with E-state index in [2.05, 4.69) is 17.5 Å². The van der Waals surface area contributed by atoms with Crippen molar-refractivity contribution in [3.63, 3.8) is 0 Å². The van der Waals surface area contributed by atoms with E-state index in [1.807, 2.05) is 19.1 Å². The van der Waals surface area contributed by atoms with Gasteiger partial charge in [-0.3, -0.25) is 0 Å². The lowest BCUT2D eigenvalue weighted by molar-refractivity contribution is 0.0696. The van der Waals surface area contributed by atoms with Gasteiger partial charge in [0.25, 0.3) is 0 Å². The second-order valence-corrected chi connectivity index (χ2v) is 6.54. The number of hydrogen-bond donors (Lipinski definition) is 2. The van der Waals surface area contributed by atoms with E-state index in [1.165, 1.54) is 6.07 Å². The van der Waals surface area contributed by atoms with Gasteiger partial charge in [-0.1, -0.05) is 30.4 Å². The van der Waals surface area contributed by atoms with Gasteiger partial charge in [0.2, 0.25) is 0 Å². The SMILES string of the molecule is Cc1c(C(=O)O)ccc2c1N[C@H](c1cccc(F)c1)[C@H]1CC=C[C@@H]21. The molecule has 0 saturated carbocycles. The molecule has 4 rings (SSSR count). The second kappa shape index (κ2) is 5.48. The van der Waals surface area contributed by atoms with Crippen molar-refractivity contribution in [2.45, 2.75) is 25.3 Å². The first-order valence-corrected chi connectivity index (χ1v) is 8.11. The van der Waals surface area contributed by atoms with Crippen LogP contribution in [0, 0.1) is 18.7 Å². The summed E-state index contributed by atoms with van der Waals surface area (Å²) in [5, 5.41) is 12.9. The molecule has 2 aromatic carbocycles. The average Bonchev–Trinajstić information content (AvgIpc) is 3.04. The van der Waals surface area contributed by atoms with E-state index in [-0.39, 0.29) is 17.8 Å². The summed E-state index contributed by atoms with van der Waals surface area (Å²) >= 11 is 0. The van der Waals surface area contributed by atoms with Crippen LogP contribution in [-0.2, 0) is 0 Å². The molecule has 1 aliphatic heterocycles. The number of hydrogen-bond acceptors (Lipinski definition) is 2. The van der Waals surface area contributed by atoms with Gasteiger partial charge in [0.05, 0.1) is 11.6 Å². The molecule has 0 fully saturated rings. The quantitative estimate of drug-likeness (QED) is 0.790. The highest BCUT2D eigenvalue weighted by Gasteiger charge is 2.39. The molecule has 122 valence electrons. The Hall–Kier alpha value is -2.62. The van der Waals surface area contributed by atoms with Crippen LogP contribution in [0.2, 0.25) is 0 Å². The fraction of sp³-hybridized carbons (Fsp3) is 0.250. The van der Waals surface area contributed by atoms with E-state index in [0.717, 1.165) is 28.8 Å². The van der Waals surface area contributed by atoms with Crippen LogP contribution in [0.3, 0.4) is 0 Å². The van der Waals surface area contributed by atoms with Crippen molar-refractivity contribution in [2.75, 3.05) is 5.32 Å². The van der Waals surface area contributed by atoms with Gasteiger partial charge in [0.15, 0.2) is 0 Å². The number of anilines is 1. The van der Waals surface area contributed by atoms with Gasteiger partial charge in [-0.25, -0.2) is 9.18 Å². The van der Waals surface area contributed by atoms with Crippen LogP contribution in [0.4, 0.5) is 10.1 Å². The monoisotopic (exact) mass is 323 g/mol. The molecule has 0 aromatic heterocycles. The van der Waals surface area contributed by atoms with E-state index in [1.54, 1.807) is 18.2 Å². The van der Waals surface area contributed by atoms with Gasteiger partial charge in [-0.05, 0) is 54.2 Å². The molecule has 0 radical (unpaired) electrons. The van der Waals surface area contributed by atoms with Crippen molar-refractivity contribution in [2.24, 2.45) is 5.92 Å². The highest BCUT2D eigenvalue weighted by Crippen LogP contribution is 2.50. The van der Waals surface area contributed by atoms with Gasteiger partial charge in [-0.2, -0.15) is 0 Å². The highest BCUT2D eigenvalue weighted by molar-refractivity contribution is 5.92. The lowest BCUT2D eigenvalue weighted by Gasteiger charge is -2.38. The lowest BCUT2D eigenvalue weighted by atomic mass is 9.76. The first kappa shape index (κ1) is 14.9. The number of nitrogens with one attached hydrogen (secondary N) is 1. The Morgan fingerprint density at radius 2 is 2.12 bits per heavy atom. The van der Waals surface area contributed by atoms with Crippen LogP contribution in [0.1, 0.15) is 45.4 Å². The topological polar surface area (TPSA) is 49.3 Å². The van der Waals surface area contributed by atoms with Crippen molar-refractivity contribution in [1.82, 2.24) is 0 Å². The summed E-state index contributed by atoms with van der Waals surface area (Å²) in [5.41, 5.74) is 3.94. The molecular formula is C20H18FNO2. The van der Waals surface area contributed by atoms with Gasteiger partial charge < -0.3 is 10.4 Å². The fourth-order valence-electron chi connectivity index (χ4n) is 4.08. The van der Waals surface area contributed by atoms with Crippen molar-refractivity contribution >= 4 is 11.7 Å². The standard InChI is InChI=1S/C20H18FNO2/c1-11-14(20(23)24)8-9-17-15-6-3-7-16(15)19(22-18(11)17)12-4-2-5-13(21)10-12/h2-6,8-10,15-16,19,22H,7H2,1H3,(H,23,24)/t15-,16+,19-/m1/s1. The number of carboxylic acids is 1. The molecule has 2 N–H and O–H groups in total. The molecule has 0 unspecified atom stereocenters. The van der Waals surface area contributed by atoms with Gasteiger partial charge in [0, 0.05) is 11.6 Å². The molecular weight excluding hydrogens is 305 g/mol. The summed E-state index contributed by atoms with van der Waals surface area (Å²) in [7, 11) is 0. The first-order chi connectivity index (χ1) is 11.6. The molecule has 24 heavy (non-hydrogen) atoms. The van der Waals surface area contributed by atoms with Crippen molar-refractivity contribution in [3.8, 4) is 0 Å². The lowest BCUT2D eigenvalue weighted by Crippen LogP contribution is -2.30. The Bertz CT molecular complexity index is 859. The summed E-state index contributed by atoms with van der Waals surface area (Å²) < 4.78 is 13.7. The van der Waals surface area contributed by atoms with Gasteiger partial charge in [-0.15, -0.1) is 0 Å². The van der Waals surface area contributed by atoms with Crippen LogP contribution >= 0.6 is 0 Å². The normalized spacial score (nSPS) is 24.2. The number of carbonyl (C=O) groups is 1. The third-order valence-corrected chi connectivity index (χ3v) is 5.24. The van der Waals surface area contributed by atoms with Crippen LogP contribution in [0.15, 0.2) is 48.6 Å². The number of rotatable bonds is 2. The molecule has 0 amide bonds. The molecule has 0 saturated heterocycles. The van der Waals surface area contributed by atoms with Gasteiger partial charge in [0.1, 0.15) is 5.82 Å². The minimum atomic E-state index is -0.927. The van der Waals surface area contributed by atoms with E-state index >= 15 is 0 Å². The molecule has 2 aliphatic rings. The number of allylic oxidation sites excluding steroid dienone is 2. The molecule has 3 nitrogen and oxygen atoms in total. The first-order valence-electron chi connectivity index (χ1n) is 8.11. The average molecular weight is 323 g/mol. The zero-order valence-electron chi connectivity index (χ0n) is 13.3. The number of aromatic carboxylic acids is 1. The molecule has 0 spiro atoms. The maximum Gasteiger partial charge on any atom is 0.336 e. The van der Waals surface area contributed by atoms with Gasteiger partial charge >= 0.3 is 5.97 Å². The molecule has 3 atom stereocenters. The van der Waals surface area contributed by atoms with Crippen LogP contribution in [-0.4, -0.2) is 11.1 Å². The third kappa shape index (κ3) is 2.21. The van der Waals surface area contributed by atoms with Crippen molar-refractivity contribution in [3.05, 3.63) is 76.6 Å². The summed E-state index contributed by atoms with van der Waals surface area (Å²) in [4.78, 5) is 11.4. The molecule has 1 aliphatic carbocycles. The molecule has 1 heterocycles. The van der Waals surface area contributed by atoms with E-state index < -0.39 is 5.97 Å². The summed E-state index contributed by atoms with van der Waals surface area (Å²) in [5.74, 6) is -0.632. The van der Waals surface area contributed by atoms with Crippen LogP contribution in [0.25, 0.3) is 0 Å². The summed E-state index contributed by atoms with van der Waals surface area (Å²) in [6.45, 7) is 1.83. The Kier molecular flexibility index (Phi) is 3.41. The zero-order chi connectivity index (χ0) is 16.8. The van der Waals surface area contributed by atoms with E-state index in [4.69, 9.17) is 0 Å². The highest BCUT2D eigenvalue weighted by atomic mass is 19.1. The Morgan fingerprint density at radius 1 is 1.29 bits per heavy atom. The Morgan fingerprint density at radius 3 is 2.88 bits per heavy atom. The zero-order valence-corrected chi connectivity index (χ0v) is 13.3. The number of benzene rings is 2. The number of fused-ring (bicyclic) bond motifs is 3. The van der Waals surface area contributed by atoms with E-state index in [9.17, 15) is 14.3 Å².